The van der Waals surface area contributed by atoms with Gasteiger partial charge in [0.05, 0.1) is 23.5 Å². The largest absolute Gasteiger partial charge is 0.507 e. The van der Waals surface area contributed by atoms with E-state index in [1.807, 2.05) is 34.6 Å². The average Bonchev–Trinajstić information content (AvgIpc) is 3.02. The van der Waals surface area contributed by atoms with Gasteiger partial charge in [-0.05, 0) is 76.9 Å². The van der Waals surface area contributed by atoms with Crippen LogP contribution in [-0.4, -0.2) is 52.0 Å². The number of Topliss-reactive ketones (excluding diaryl/α,β-unsaturated/α-hetero) is 1. The van der Waals surface area contributed by atoms with Gasteiger partial charge in [-0.3, -0.25) is 14.6 Å². The predicted octanol–water partition coefficient (Wildman–Crippen LogP) is 4.41. The molecule has 176 valence electrons. The van der Waals surface area contributed by atoms with Crippen LogP contribution in [-0.2, 0) is 14.3 Å². The Kier molecular flexibility index (Phi) is 7.87. The standard InChI is InChI=1S/C26H32N2O5/c1-16(2)32-14-8-13-28-23(20-9-6-7-12-27-20)22(25(30)26(28)31)24(29)19-10-11-21(18(5)15-19)33-17(3)4/h6-7,9-12,15-17,23,29H,8,13-14H2,1-5H3/b24-22-. The Balaban J connectivity index is 2.00. The number of benzene rings is 1. The van der Waals surface area contributed by atoms with Crippen LogP contribution in [0.25, 0.3) is 5.76 Å². The smallest absolute Gasteiger partial charge is 0.295 e. The Bertz CT molecular complexity index is 1030. The monoisotopic (exact) mass is 452 g/mol. The number of likely N-dealkylation sites (tertiary alicyclic amines) is 1. The van der Waals surface area contributed by atoms with E-state index < -0.39 is 17.7 Å². The molecule has 3 rings (SSSR count). The lowest BCUT2D eigenvalue weighted by Gasteiger charge is -2.24. The molecule has 0 spiro atoms. The normalized spacial score (nSPS) is 17.9. The molecule has 1 fully saturated rings. The molecule has 33 heavy (non-hydrogen) atoms. The number of nitrogens with zero attached hydrogens (tertiary/aromatic N) is 2. The van der Waals surface area contributed by atoms with Gasteiger partial charge in [-0.2, -0.15) is 0 Å². The zero-order chi connectivity index (χ0) is 24.1. The molecule has 1 atom stereocenters. The number of ketones is 1. The van der Waals surface area contributed by atoms with Gasteiger partial charge in [0.15, 0.2) is 0 Å². The van der Waals surface area contributed by atoms with Crippen LogP contribution in [0.2, 0.25) is 0 Å². The van der Waals surface area contributed by atoms with Crippen LogP contribution in [0.1, 0.15) is 57.0 Å². The fourth-order valence-corrected chi connectivity index (χ4v) is 3.85. The highest BCUT2D eigenvalue weighted by atomic mass is 16.5. The molecular weight excluding hydrogens is 420 g/mol. The van der Waals surface area contributed by atoms with Crippen molar-refractivity contribution in [3.8, 4) is 5.75 Å². The molecule has 7 nitrogen and oxygen atoms in total. The summed E-state index contributed by atoms with van der Waals surface area (Å²) < 4.78 is 11.4. The summed E-state index contributed by atoms with van der Waals surface area (Å²) in [5.41, 5.74) is 1.84. The second-order valence-corrected chi connectivity index (χ2v) is 8.67. The van der Waals surface area contributed by atoms with Crippen molar-refractivity contribution >= 4 is 17.4 Å². The van der Waals surface area contributed by atoms with Crippen molar-refractivity contribution in [1.29, 1.82) is 0 Å². The van der Waals surface area contributed by atoms with E-state index in [1.54, 1.807) is 42.6 Å². The van der Waals surface area contributed by atoms with E-state index >= 15 is 0 Å². The van der Waals surface area contributed by atoms with Crippen LogP contribution in [0.4, 0.5) is 0 Å². The molecule has 0 bridgehead atoms. The quantitative estimate of drug-likeness (QED) is 0.262. The number of carbonyl (C=O) groups is 2. The topological polar surface area (TPSA) is 89.0 Å². The minimum absolute atomic E-state index is 0.0114. The van der Waals surface area contributed by atoms with Gasteiger partial charge in [-0.1, -0.05) is 6.07 Å². The Hall–Kier alpha value is -3.19. The summed E-state index contributed by atoms with van der Waals surface area (Å²) in [4.78, 5) is 31.9. The van der Waals surface area contributed by atoms with Crippen LogP contribution in [0.15, 0.2) is 48.2 Å². The molecule has 1 aliphatic heterocycles. The van der Waals surface area contributed by atoms with Crippen molar-refractivity contribution < 1.29 is 24.2 Å². The maximum atomic E-state index is 13.1. The highest BCUT2D eigenvalue weighted by Crippen LogP contribution is 2.39. The van der Waals surface area contributed by atoms with Crippen LogP contribution < -0.4 is 4.74 Å². The van der Waals surface area contributed by atoms with Gasteiger partial charge in [0.1, 0.15) is 17.6 Å². The number of aryl methyl sites for hydroxylation is 1. The lowest BCUT2D eigenvalue weighted by atomic mass is 9.97. The van der Waals surface area contributed by atoms with E-state index in [0.717, 1.165) is 5.56 Å². The third-order valence-electron chi connectivity index (χ3n) is 5.31. The number of aliphatic hydroxyl groups is 1. The van der Waals surface area contributed by atoms with Crippen molar-refractivity contribution in [1.82, 2.24) is 9.88 Å². The van der Waals surface area contributed by atoms with Crippen LogP contribution in [0.3, 0.4) is 0 Å². The van der Waals surface area contributed by atoms with Gasteiger partial charge >= 0.3 is 0 Å². The van der Waals surface area contributed by atoms with Crippen LogP contribution in [0.5, 0.6) is 5.75 Å². The first-order valence-corrected chi connectivity index (χ1v) is 11.3. The second kappa shape index (κ2) is 10.6. The van der Waals surface area contributed by atoms with Gasteiger partial charge in [-0.25, -0.2) is 0 Å². The van der Waals surface area contributed by atoms with Gasteiger partial charge in [0.25, 0.3) is 11.7 Å². The van der Waals surface area contributed by atoms with E-state index in [4.69, 9.17) is 9.47 Å². The number of rotatable bonds is 9. The lowest BCUT2D eigenvalue weighted by molar-refractivity contribution is -0.140. The molecule has 1 amide bonds. The average molecular weight is 453 g/mol. The molecule has 1 aromatic heterocycles. The number of ether oxygens (including phenoxy) is 2. The zero-order valence-corrected chi connectivity index (χ0v) is 19.9. The zero-order valence-electron chi connectivity index (χ0n) is 19.9. The number of pyridine rings is 1. The highest BCUT2D eigenvalue weighted by molar-refractivity contribution is 6.46. The molecule has 2 aromatic rings. The molecule has 0 aliphatic carbocycles. The Morgan fingerprint density at radius 3 is 2.48 bits per heavy atom. The summed E-state index contributed by atoms with van der Waals surface area (Å²) in [6, 6.07) is 9.77. The third-order valence-corrected chi connectivity index (χ3v) is 5.31. The van der Waals surface area contributed by atoms with Crippen molar-refractivity contribution in [3.05, 3.63) is 65.0 Å². The first-order valence-electron chi connectivity index (χ1n) is 11.3. The number of hydrogen-bond donors (Lipinski definition) is 1. The molecule has 0 saturated carbocycles. The molecule has 1 N–H and O–H groups in total. The summed E-state index contributed by atoms with van der Waals surface area (Å²) in [6.45, 7) is 10.4. The molecule has 1 aliphatic rings. The summed E-state index contributed by atoms with van der Waals surface area (Å²) in [5.74, 6) is -0.876. The van der Waals surface area contributed by atoms with E-state index in [1.165, 1.54) is 4.90 Å². The SMILES string of the molecule is Cc1cc(/C(O)=C2/C(=O)C(=O)N(CCCOC(C)C)C2c2ccccn2)ccc1OC(C)C. The Morgan fingerprint density at radius 1 is 1.12 bits per heavy atom. The predicted molar refractivity (Wildman–Crippen MR) is 126 cm³/mol. The Labute approximate surface area is 195 Å². The molecular formula is C26H32N2O5. The summed E-state index contributed by atoms with van der Waals surface area (Å²) in [6.07, 6.45) is 2.27. The number of amides is 1. The van der Waals surface area contributed by atoms with Gasteiger partial charge in [0.2, 0.25) is 0 Å². The summed E-state index contributed by atoms with van der Waals surface area (Å²) >= 11 is 0. The highest BCUT2D eigenvalue weighted by Gasteiger charge is 2.46. The molecule has 1 unspecified atom stereocenters. The van der Waals surface area contributed by atoms with E-state index in [2.05, 4.69) is 4.98 Å². The molecule has 2 heterocycles. The maximum Gasteiger partial charge on any atom is 0.295 e. The van der Waals surface area contributed by atoms with Gasteiger partial charge in [-0.15, -0.1) is 0 Å². The van der Waals surface area contributed by atoms with Crippen molar-refractivity contribution in [3.63, 3.8) is 0 Å². The van der Waals surface area contributed by atoms with Gasteiger partial charge < -0.3 is 19.5 Å². The fourth-order valence-electron chi connectivity index (χ4n) is 3.85. The minimum Gasteiger partial charge on any atom is -0.507 e. The van der Waals surface area contributed by atoms with Crippen LogP contribution in [0, 0.1) is 6.92 Å². The number of carbonyl (C=O) groups excluding carboxylic acids is 2. The minimum atomic E-state index is -0.767. The van der Waals surface area contributed by atoms with E-state index in [-0.39, 0.29) is 23.5 Å². The van der Waals surface area contributed by atoms with E-state index in [0.29, 0.717) is 36.6 Å². The molecule has 0 radical (unpaired) electrons. The van der Waals surface area contributed by atoms with Crippen molar-refractivity contribution in [2.45, 2.75) is 59.3 Å². The van der Waals surface area contributed by atoms with Crippen LogP contribution >= 0.6 is 0 Å². The second-order valence-electron chi connectivity index (χ2n) is 8.67. The summed E-state index contributed by atoms with van der Waals surface area (Å²) in [7, 11) is 0. The van der Waals surface area contributed by atoms with Crippen molar-refractivity contribution in [2.24, 2.45) is 0 Å². The van der Waals surface area contributed by atoms with E-state index in [9.17, 15) is 14.7 Å². The molecule has 7 heteroatoms. The first kappa shape index (κ1) is 24.5. The molecule has 1 aromatic carbocycles. The number of hydrogen-bond acceptors (Lipinski definition) is 6. The lowest BCUT2D eigenvalue weighted by Crippen LogP contribution is -2.31. The maximum absolute atomic E-state index is 13.1. The fraction of sp³-hybridized carbons (Fsp3) is 0.423. The first-order chi connectivity index (χ1) is 15.7. The van der Waals surface area contributed by atoms with Crippen molar-refractivity contribution in [2.75, 3.05) is 13.2 Å². The molecule has 1 saturated heterocycles. The number of aromatic nitrogens is 1. The third kappa shape index (κ3) is 5.60. The number of aliphatic hydroxyl groups excluding tert-OH is 1. The van der Waals surface area contributed by atoms with Gasteiger partial charge in [0, 0.05) is 24.9 Å². The summed E-state index contributed by atoms with van der Waals surface area (Å²) in [5, 5.41) is 11.2. The Morgan fingerprint density at radius 2 is 1.88 bits per heavy atom.